The van der Waals surface area contributed by atoms with Crippen LogP contribution >= 0.6 is 0 Å². The van der Waals surface area contributed by atoms with E-state index in [2.05, 4.69) is 25.4 Å². The molecule has 1 aliphatic rings. The summed E-state index contributed by atoms with van der Waals surface area (Å²) in [6, 6.07) is 3.22. The summed E-state index contributed by atoms with van der Waals surface area (Å²) >= 11 is 0. The van der Waals surface area contributed by atoms with Crippen LogP contribution in [0.25, 0.3) is 0 Å². The first-order chi connectivity index (χ1) is 9.69. The molecule has 0 amide bonds. The Bertz CT molecular complexity index is 450. The molecule has 0 radical (unpaired) electrons. The summed E-state index contributed by atoms with van der Waals surface area (Å²) in [6.45, 7) is 1.66. The van der Waals surface area contributed by atoms with E-state index in [9.17, 15) is 8.78 Å². The fraction of sp³-hybridized carbons (Fsp3) is 0.500. The van der Waals surface area contributed by atoms with Gasteiger partial charge in [0.2, 0.25) is 0 Å². The minimum atomic E-state index is -2.82. The number of alkyl halides is 2. The second kappa shape index (κ2) is 7.06. The smallest absolute Gasteiger partial charge is 0.387 e. The molecule has 1 aliphatic heterocycles. The molecule has 0 bridgehead atoms. The van der Waals surface area contributed by atoms with Gasteiger partial charge in [0.15, 0.2) is 0 Å². The number of terminal acetylenes is 1. The standard InChI is InChI=1S/C14H17F2N3O/c1-2-3-6-18-7-9-19(10-8-18)13-5-4-12(11-17-13)20-14(15)16/h1,4-5,11,14H,3,6-10H2. The Morgan fingerprint density at radius 3 is 2.60 bits per heavy atom. The van der Waals surface area contributed by atoms with Crippen molar-refractivity contribution < 1.29 is 13.5 Å². The number of rotatable bonds is 5. The van der Waals surface area contributed by atoms with Crippen molar-refractivity contribution in [3.63, 3.8) is 0 Å². The number of hydrogen-bond acceptors (Lipinski definition) is 4. The van der Waals surface area contributed by atoms with E-state index in [1.54, 1.807) is 6.07 Å². The number of pyridine rings is 1. The van der Waals surface area contributed by atoms with Gasteiger partial charge >= 0.3 is 6.61 Å². The highest BCUT2D eigenvalue weighted by Crippen LogP contribution is 2.18. The van der Waals surface area contributed by atoms with Crippen LogP contribution in [0.3, 0.4) is 0 Å². The van der Waals surface area contributed by atoms with Gasteiger partial charge in [-0.15, -0.1) is 12.3 Å². The van der Waals surface area contributed by atoms with E-state index in [0.29, 0.717) is 0 Å². The predicted octanol–water partition coefficient (Wildman–Crippen LogP) is 1.83. The molecule has 0 saturated carbocycles. The van der Waals surface area contributed by atoms with Crippen molar-refractivity contribution in [2.45, 2.75) is 13.0 Å². The molecule has 1 fully saturated rings. The van der Waals surface area contributed by atoms with Crippen LogP contribution in [0.2, 0.25) is 0 Å². The van der Waals surface area contributed by atoms with Crippen molar-refractivity contribution in [1.82, 2.24) is 9.88 Å². The number of aromatic nitrogens is 1. The molecule has 0 spiro atoms. The average Bonchev–Trinajstić information content (AvgIpc) is 2.46. The maximum absolute atomic E-state index is 12.0. The van der Waals surface area contributed by atoms with E-state index < -0.39 is 6.61 Å². The summed E-state index contributed by atoms with van der Waals surface area (Å²) in [7, 11) is 0. The van der Waals surface area contributed by atoms with Gasteiger partial charge in [-0.1, -0.05) is 0 Å². The van der Waals surface area contributed by atoms with Gasteiger partial charge in [-0.05, 0) is 12.1 Å². The zero-order chi connectivity index (χ0) is 14.4. The summed E-state index contributed by atoms with van der Waals surface area (Å²) in [5.74, 6) is 3.50. The quantitative estimate of drug-likeness (QED) is 0.770. The lowest BCUT2D eigenvalue weighted by molar-refractivity contribution is -0.0500. The van der Waals surface area contributed by atoms with Gasteiger partial charge in [0.1, 0.15) is 11.6 Å². The van der Waals surface area contributed by atoms with Crippen molar-refractivity contribution in [2.24, 2.45) is 0 Å². The first-order valence-corrected chi connectivity index (χ1v) is 6.50. The Labute approximate surface area is 117 Å². The zero-order valence-corrected chi connectivity index (χ0v) is 11.1. The van der Waals surface area contributed by atoms with Gasteiger partial charge < -0.3 is 9.64 Å². The maximum atomic E-state index is 12.0. The molecular weight excluding hydrogens is 264 g/mol. The summed E-state index contributed by atoms with van der Waals surface area (Å²) in [4.78, 5) is 8.59. The molecule has 2 heterocycles. The molecule has 108 valence electrons. The highest BCUT2D eigenvalue weighted by molar-refractivity contribution is 5.41. The van der Waals surface area contributed by atoms with Gasteiger partial charge in [0.05, 0.1) is 6.20 Å². The second-order valence-corrected chi connectivity index (χ2v) is 4.51. The number of hydrogen-bond donors (Lipinski definition) is 0. The highest BCUT2D eigenvalue weighted by atomic mass is 19.3. The fourth-order valence-electron chi connectivity index (χ4n) is 2.16. The van der Waals surface area contributed by atoms with Gasteiger partial charge in [0.25, 0.3) is 0 Å². The summed E-state index contributed by atoms with van der Waals surface area (Å²) < 4.78 is 28.4. The SMILES string of the molecule is C#CCCN1CCN(c2ccc(OC(F)F)cn2)CC1. The van der Waals surface area contributed by atoms with E-state index in [4.69, 9.17) is 6.42 Å². The van der Waals surface area contributed by atoms with Gasteiger partial charge in [-0.25, -0.2) is 4.98 Å². The maximum Gasteiger partial charge on any atom is 0.387 e. The van der Waals surface area contributed by atoms with Crippen LogP contribution in [-0.4, -0.2) is 49.2 Å². The molecule has 4 nitrogen and oxygen atoms in total. The summed E-state index contributed by atoms with van der Waals surface area (Å²) in [5, 5.41) is 0. The summed E-state index contributed by atoms with van der Waals surface area (Å²) in [5.41, 5.74) is 0. The van der Waals surface area contributed by atoms with Crippen molar-refractivity contribution >= 4 is 5.82 Å². The number of piperazine rings is 1. The minimum Gasteiger partial charge on any atom is -0.433 e. The normalized spacial score (nSPS) is 16.2. The molecule has 20 heavy (non-hydrogen) atoms. The number of nitrogens with zero attached hydrogens (tertiary/aromatic N) is 3. The zero-order valence-electron chi connectivity index (χ0n) is 11.1. The molecule has 0 aliphatic carbocycles. The lowest BCUT2D eigenvalue weighted by Crippen LogP contribution is -2.46. The third-order valence-corrected chi connectivity index (χ3v) is 3.21. The largest absolute Gasteiger partial charge is 0.433 e. The monoisotopic (exact) mass is 281 g/mol. The molecule has 0 aromatic carbocycles. The Balaban J connectivity index is 1.86. The van der Waals surface area contributed by atoms with Crippen LogP contribution in [-0.2, 0) is 0 Å². The Morgan fingerprint density at radius 1 is 1.30 bits per heavy atom. The molecule has 0 N–H and O–H groups in total. The van der Waals surface area contributed by atoms with Crippen LogP contribution in [0.15, 0.2) is 18.3 Å². The Hall–Kier alpha value is -1.87. The Kier molecular flexibility index (Phi) is 5.13. The van der Waals surface area contributed by atoms with E-state index in [1.807, 2.05) is 0 Å². The second-order valence-electron chi connectivity index (χ2n) is 4.51. The van der Waals surface area contributed by atoms with Crippen molar-refractivity contribution in [1.29, 1.82) is 0 Å². The topological polar surface area (TPSA) is 28.6 Å². The lowest BCUT2D eigenvalue weighted by atomic mass is 10.3. The van der Waals surface area contributed by atoms with Crippen molar-refractivity contribution in [3.8, 4) is 18.1 Å². The predicted molar refractivity (Wildman–Crippen MR) is 73.0 cm³/mol. The third-order valence-electron chi connectivity index (χ3n) is 3.21. The molecule has 6 heteroatoms. The van der Waals surface area contributed by atoms with E-state index in [0.717, 1.165) is 45.0 Å². The first-order valence-electron chi connectivity index (χ1n) is 6.50. The van der Waals surface area contributed by atoms with Crippen LogP contribution in [0, 0.1) is 12.3 Å². The molecule has 1 aromatic heterocycles. The minimum absolute atomic E-state index is 0.0800. The van der Waals surface area contributed by atoms with Crippen LogP contribution < -0.4 is 9.64 Å². The van der Waals surface area contributed by atoms with Crippen molar-refractivity contribution in [3.05, 3.63) is 18.3 Å². The average molecular weight is 281 g/mol. The van der Waals surface area contributed by atoms with Crippen molar-refractivity contribution in [2.75, 3.05) is 37.6 Å². The van der Waals surface area contributed by atoms with Gasteiger partial charge in [-0.3, -0.25) is 4.90 Å². The number of ether oxygens (including phenoxy) is 1. The van der Waals surface area contributed by atoms with E-state index in [-0.39, 0.29) is 5.75 Å². The molecular formula is C14H17F2N3O. The van der Waals surface area contributed by atoms with E-state index in [1.165, 1.54) is 12.3 Å². The van der Waals surface area contributed by atoms with Gasteiger partial charge in [0, 0.05) is 39.1 Å². The fourth-order valence-corrected chi connectivity index (χ4v) is 2.16. The Morgan fingerprint density at radius 2 is 2.05 bits per heavy atom. The van der Waals surface area contributed by atoms with Crippen LogP contribution in [0.5, 0.6) is 5.75 Å². The highest BCUT2D eigenvalue weighted by Gasteiger charge is 2.17. The van der Waals surface area contributed by atoms with Gasteiger partial charge in [-0.2, -0.15) is 8.78 Å². The molecule has 1 saturated heterocycles. The molecule has 1 aromatic rings. The number of anilines is 1. The molecule has 0 unspecified atom stereocenters. The first kappa shape index (κ1) is 14.5. The molecule has 2 rings (SSSR count). The number of halogens is 2. The summed E-state index contributed by atoms with van der Waals surface area (Å²) in [6.07, 6.45) is 7.34. The van der Waals surface area contributed by atoms with Crippen LogP contribution in [0.1, 0.15) is 6.42 Å². The van der Waals surface area contributed by atoms with E-state index >= 15 is 0 Å². The lowest BCUT2D eigenvalue weighted by Gasteiger charge is -2.35. The van der Waals surface area contributed by atoms with Crippen LogP contribution in [0.4, 0.5) is 14.6 Å². The molecule has 0 atom stereocenters. The third kappa shape index (κ3) is 4.07.